The topological polar surface area (TPSA) is 148 Å². The average Bonchev–Trinajstić information content (AvgIpc) is 3.68. The third-order valence-corrected chi connectivity index (χ3v) is 8.90. The molecule has 1 atom stereocenters. The highest BCUT2D eigenvalue weighted by Crippen LogP contribution is 2.47. The van der Waals surface area contributed by atoms with Crippen LogP contribution in [0.2, 0.25) is 0 Å². The number of H-pyrrole nitrogens is 1. The maximum absolute atomic E-state index is 12.6. The molecule has 218 valence electrons. The Morgan fingerprint density at radius 1 is 0.953 bits per heavy atom. The van der Waals surface area contributed by atoms with E-state index in [0.29, 0.717) is 39.5 Å². The van der Waals surface area contributed by atoms with Crippen LogP contribution in [0.1, 0.15) is 58.1 Å². The molecule has 4 aliphatic heterocycles. The van der Waals surface area contributed by atoms with Crippen molar-refractivity contribution in [2.45, 2.75) is 53.9 Å². The summed E-state index contributed by atoms with van der Waals surface area (Å²) in [7, 11) is 0. The number of hydrogen-bond donors (Lipinski definition) is 4. The van der Waals surface area contributed by atoms with Crippen LogP contribution in [0.25, 0.3) is 18.2 Å². The smallest absolute Gasteiger partial charge is 0.318 e. The van der Waals surface area contributed by atoms with Gasteiger partial charge in [-0.2, -0.15) is 0 Å². The Hall–Kier alpha value is -5.05. The molecule has 1 aliphatic carbocycles. The molecular weight excluding hydrogens is 544 g/mol. The Balaban J connectivity index is 1.75. The molecule has 0 aromatic carbocycles. The SMILES string of the molecule is C=Cc1c(C)c2[nH]c1=CC1=NC(=CC3=C(C)C4=C(O)C(C(=O)O)C(=C5N=C(C=2)C(C)=C5CCC(=O)O)C4=N3)C(CC)=C1C. The summed E-state index contributed by atoms with van der Waals surface area (Å²) in [5, 5.41) is 32.8. The van der Waals surface area contributed by atoms with E-state index in [1.54, 1.807) is 6.08 Å². The van der Waals surface area contributed by atoms with Crippen molar-refractivity contribution in [3.8, 4) is 0 Å². The third-order valence-electron chi connectivity index (χ3n) is 8.90. The van der Waals surface area contributed by atoms with Gasteiger partial charge in [-0.25, -0.2) is 15.0 Å². The van der Waals surface area contributed by atoms with Gasteiger partial charge in [0.25, 0.3) is 0 Å². The molecule has 6 rings (SSSR count). The van der Waals surface area contributed by atoms with Gasteiger partial charge in [-0.1, -0.05) is 19.6 Å². The van der Waals surface area contributed by atoms with E-state index >= 15 is 0 Å². The van der Waals surface area contributed by atoms with Gasteiger partial charge in [-0.05, 0) is 92.2 Å². The van der Waals surface area contributed by atoms with Gasteiger partial charge in [-0.3, -0.25) is 9.59 Å². The van der Waals surface area contributed by atoms with E-state index in [-0.39, 0.29) is 24.2 Å². The lowest BCUT2D eigenvalue weighted by atomic mass is 9.92. The second kappa shape index (κ2) is 10.0. The molecule has 5 aliphatic rings. The first-order chi connectivity index (χ1) is 20.5. The highest BCUT2D eigenvalue weighted by Gasteiger charge is 2.46. The third kappa shape index (κ3) is 4.18. The van der Waals surface area contributed by atoms with E-state index < -0.39 is 17.9 Å². The van der Waals surface area contributed by atoms with E-state index in [1.165, 1.54) is 0 Å². The fraction of sp³-hybridized carbons (Fsp3) is 0.265. The highest BCUT2D eigenvalue weighted by atomic mass is 16.4. The summed E-state index contributed by atoms with van der Waals surface area (Å²) in [5.74, 6) is -3.89. The molecule has 1 aromatic rings. The summed E-state index contributed by atoms with van der Waals surface area (Å²) >= 11 is 0. The molecule has 4 N–H and O–H groups in total. The van der Waals surface area contributed by atoms with E-state index in [1.807, 2.05) is 45.9 Å². The van der Waals surface area contributed by atoms with Crippen LogP contribution in [0.3, 0.4) is 0 Å². The van der Waals surface area contributed by atoms with E-state index in [0.717, 1.165) is 56.4 Å². The Kier molecular flexibility index (Phi) is 6.56. The largest absolute Gasteiger partial charge is 0.510 e. The number of carboxylic acids is 2. The number of carboxylic acid groups (broad SMARTS) is 2. The first-order valence-electron chi connectivity index (χ1n) is 14.2. The van der Waals surface area contributed by atoms with Crippen molar-refractivity contribution in [2.24, 2.45) is 20.9 Å². The Morgan fingerprint density at radius 2 is 1.63 bits per heavy atom. The summed E-state index contributed by atoms with van der Waals surface area (Å²) in [6.07, 6.45) is 8.32. The monoisotopic (exact) mass is 576 g/mol. The van der Waals surface area contributed by atoms with Gasteiger partial charge in [0.15, 0.2) is 0 Å². The Bertz CT molecular complexity index is 2010. The summed E-state index contributed by atoms with van der Waals surface area (Å²) in [6, 6.07) is 0. The number of aromatic amines is 1. The number of fused-ring (bicyclic) bond motifs is 5. The zero-order chi connectivity index (χ0) is 30.9. The molecule has 0 spiro atoms. The average molecular weight is 577 g/mol. The van der Waals surface area contributed by atoms with Crippen molar-refractivity contribution in [1.82, 2.24) is 4.98 Å². The zero-order valence-corrected chi connectivity index (χ0v) is 24.7. The molecule has 1 aromatic heterocycles. The Labute approximate surface area is 248 Å². The summed E-state index contributed by atoms with van der Waals surface area (Å²) in [6.45, 7) is 13.8. The summed E-state index contributed by atoms with van der Waals surface area (Å²) < 4.78 is 0. The molecular formula is C34H32N4O5. The molecule has 0 amide bonds. The number of nitrogens with zero attached hydrogens (tertiary/aromatic N) is 3. The van der Waals surface area contributed by atoms with E-state index in [4.69, 9.17) is 15.0 Å². The quantitative estimate of drug-likeness (QED) is 0.386. The predicted molar refractivity (Wildman–Crippen MR) is 167 cm³/mol. The van der Waals surface area contributed by atoms with Gasteiger partial charge in [0, 0.05) is 33.8 Å². The normalized spacial score (nSPS) is 20.8. The number of nitrogens with one attached hydrogen (secondary N) is 1. The lowest BCUT2D eigenvalue weighted by molar-refractivity contribution is -0.140. The fourth-order valence-electron chi connectivity index (χ4n) is 6.54. The number of carbonyl (C=O) groups is 2. The zero-order valence-electron chi connectivity index (χ0n) is 24.7. The van der Waals surface area contributed by atoms with Crippen molar-refractivity contribution in [3.05, 3.63) is 96.3 Å². The van der Waals surface area contributed by atoms with Crippen LogP contribution in [-0.2, 0) is 9.59 Å². The highest BCUT2D eigenvalue weighted by molar-refractivity contribution is 6.27. The van der Waals surface area contributed by atoms with Crippen LogP contribution >= 0.6 is 0 Å². The first-order valence-corrected chi connectivity index (χ1v) is 14.2. The number of aromatic nitrogens is 1. The van der Waals surface area contributed by atoms with Gasteiger partial charge in [-0.15, -0.1) is 0 Å². The molecule has 5 heterocycles. The second-order valence-electron chi connectivity index (χ2n) is 11.2. The number of rotatable bonds is 6. The maximum atomic E-state index is 12.6. The second-order valence-corrected chi connectivity index (χ2v) is 11.2. The molecule has 43 heavy (non-hydrogen) atoms. The van der Waals surface area contributed by atoms with Crippen molar-refractivity contribution in [1.29, 1.82) is 0 Å². The van der Waals surface area contributed by atoms with Crippen LogP contribution in [-0.4, -0.2) is 49.4 Å². The van der Waals surface area contributed by atoms with Crippen LogP contribution in [0.15, 0.2) is 89.5 Å². The number of aliphatic hydroxyl groups is 1. The van der Waals surface area contributed by atoms with Crippen LogP contribution in [0.4, 0.5) is 0 Å². The van der Waals surface area contributed by atoms with Crippen LogP contribution in [0, 0.1) is 12.8 Å². The van der Waals surface area contributed by atoms with Gasteiger partial charge < -0.3 is 20.3 Å². The molecule has 9 heteroatoms. The molecule has 8 bridgehead atoms. The maximum Gasteiger partial charge on any atom is 0.318 e. The molecule has 0 radical (unpaired) electrons. The summed E-state index contributed by atoms with van der Waals surface area (Å²) in [4.78, 5) is 42.5. The number of aliphatic hydroxyl groups excluding tert-OH is 1. The lowest BCUT2D eigenvalue weighted by Gasteiger charge is -2.13. The lowest BCUT2D eigenvalue weighted by Crippen LogP contribution is -2.19. The number of allylic oxidation sites excluding steroid dienone is 7. The molecule has 0 saturated carbocycles. The predicted octanol–water partition coefficient (Wildman–Crippen LogP) is 4.75. The van der Waals surface area contributed by atoms with E-state index in [9.17, 15) is 24.9 Å². The van der Waals surface area contributed by atoms with Crippen molar-refractivity contribution >= 4 is 47.3 Å². The van der Waals surface area contributed by atoms with Gasteiger partial charge in [0.05, 0.1) is 34.2 Å². The van der Waals surface area contributed by atoms with Gasteiger partial charge in [0.2, 0.25) is 0 Å². The van der Waals surface area contributed by atoms with Crippen molar-refractivity contribution in [2.75, 3.05) is 0 Å². The Morgan fingerprint density at radius 3 is 2.28 bits per heavy atom. The van der Waals surface area contributed by atoms with Gasteiger partial charge >= 0.3 is 11.9 Å². The van der Waals surface area contributed by atoms with Crippen LogP contribution < -0.4 is 10.7 Å². The molecule has 1 unspecified atom stereocenters. The van der Waals surface area contributed by atoms with Crippen LogP contribution in [0.5, 0.6) is 0 Å². The number of aliphatic imine (C=N–C) groups is 3. The minimum Gasteiger partial charge on any atom is -0.510 e. The minimum atomic E-state index is -1.38. The standard InChI is InChI=1S/C34H32N4O5/c1-7-18-14(3)21-11-23-16(5)20(9-10-27(39)40)31(37-23)29-30(34(42)43)33(41)28-17(6)24(38-32(28)29)13-26-19(8-2)15(4)22(36-26)12-25(18)35-21/h7,11-13,30,35,41H,1,8-10H2,2-6H3,(H,39,40)(H,42,43). The number of aliphatic carboxylic acids is 2. The number of hydrogen-bond acceptors (Lipinski definition) is 6. The molecule has 0 fully saturated rings. The fourth-order valence-corrected chi connectivity index (χ4v) is 6.54. The molecule has 0 saturated heterocycles. The summed E-state index contributed by atoms with van der Waals surface area (Å²) in [5.41, 5.74) is 10.1. The minimum absolute atomic E-state index is 0.141. The van der Waals surface area contributed by atoms with Crippen molar-refractivity contribution < 1.29 is 24.9 Å². The van der Waals surface area contributed by atoms with Gasteiger partial charge in [0.1, 0.15) is 11.7 Å². The van der Waals surface area contributed by atoms with Crippen molar-refractivity contribution in [3.63, 3.8) is 0 Å². The van der Waals surface area contributed by atoms with E-state index in [2.05, 4.69) is 18.5 Å². The first kappa shape index (κ1) is 28.1. The molecule has 9 nitrogen and oxygen atoms in total.